The molecule has 1 aromatic rings. The first kappa shape index (κ1) is 20.1. The summed E-state index contributed by atoms with van der Waals surface area (Å²) in [5.41, 5.74) is 1.77. The molecule has 2 atom stereocenters. The van der Waals surface area contributed by atoms with Gasteiger partial charge in [0.2, 0.25) is 0 Å². The number of rotatable bonds is 4. The van der Waals surface area contributed by atoms with Gasteiger partial charge in [0.1, 0.15) is 0 Å². The molecule has 1 amide bonds. The van der Waals surface area contributed by atoms with Crippen LogP contribution in [-0.2, 0) is 9.53 Å². The van der Waals surface area contributed by atoms with E-state index in [4.69, 9.17) is 4.74 Å². The normalized spacial score (nSPS) is 25.8. The lowest BCUT2D eigenvalue weighted by Gasteiger charge is -2.44. The van der Waals surface area contributed by atoms with Crippen molar-refractivity contribution in [3.8, 4) is 0 Å². The third-order valence-corrected chi connectivity index (χ3v) is 9.15. The molecule has 152 valence electrons. The largest absolute Gasteiger partial charge is 0.452 e. The molecule has 4 nitrogen and oxygen atoms in total. The van der Waals surface area contributed by atoms with Crippen LogP contribution in [0.3, 0.4) is 0 Å². The Balaban J connectivity index is 1.30. The second-order valence-electron chi connectivity index (χ2n) is 7.97. The lowest BCUT2D eigenvalue weighted by Crippen LogP contribution is -2.50. The molecule has 2 saturated heterocycles. The van der Waals surface area contributed by atoms with Gasteiger partial charge in [-0.2, -0.15) is 0 Å². The predicted molar refractivity (Wildman–Crippen MR) is 116 cm³/mol. The van der Waals surface area contributed by atoms with Gasteiger partial charge in [0.15, 0.2) is 6.61 Å². The van der Waals surface area contributed by atoms with Crippen molar-refractivity contribution in [3.05, 3.63) is 35.4 Å². The number of piperidine rings is 1. The maximum Gasteiger partial charge on any atom is 0.338 e. The molecule has 3 fully saturated rings. The molecule has 0 spiro atoms. The van der Waals surface area contributed by atoms with Crippen LogP contribution in [0.5, 0.6) is 0 Å². The third-order valence-electron chi connectivity index (χ3n) is 6.14. The summed E-state index contributed by atoms with van der Waals surface area (Å²) in [6.07, 6.45) is 8.39. The van der Waals surface area contributed by atoms with Gasteiger partial charge in [0.25, 0.3) is 5.91 Å². The summed E-state index contributed by atoms with van der Waals surface area (Å²) >= 11 is 3.93. The Labute approximate surface area is 176 Å². The Morgan fingerprint density at radius 3 is 2.46 bits per heavy atom. The van der Waals surface area contributed by atoms with Crippen LogP contribution in [0.2, 0.25) is 0 Å². The van der Waals surface area contributed by atoms with Crippen LogP contribution >= 0.6 is 23.5 Å². The standard InChI is InChI=1S/C22H29NO3S2/c24-20(23-12-3-6-16-5-1-2-7-19(16)23)15-26-21(25)17-8-10-18(11-9-17)22-27-13-4-14-28-22/h8-11,16,19,22H,1-7,12-15H2/t16-,19-/m0/s1. The summed E-state index contributed by atoms with van der Waals surface area (Å²) in [4.78, 5) is 27.1. The third kappa shape index (κ3) is 4.70. The lowest BCUT2D eigenvalue weighted by atomic mass is 9.78. The van der Waals surface area contributed by atoms with Crippen molar-refractivity contribution in [2.75, 3.05) is 24.7 Å². The Hall–Kier alpha value is -1.14. The first-order valence-corrected chi connectivity index (χ1v) is 12.6. The molecular formula is C22H29NO3S2. The van der Waals surface area contributed by atoms with Crippen molar-refractivity contribution in [2.24, 2.45) is 5.92 Å². The van der Waals surface area contributed by atoms with Gasteiger partial charge in [-0.15, -0.1) is 23.5 Å². The first-order valence-electron chi connectivity index (χ1n) is 10.5. The number of hydrogen-bond donors (Lipinski definition) is 0. The summed E-state index contributed by atoms with van der Waals surface area (Å²) in [6, 6.07) is 8.06. The van der Waals surface area contributed by atoms with Crippen LogP contribution in [0.15, 0.2) is 24.3 Å². The fourth-order valence-electron chi connectivity index (χ4n) is 4.68. The van der Waals surface area contributed by atoms with Crippen LogP contribution in [0.4, 0.5) is 0 Å². The van der Waals surface area contributed by atoms with Gasteiger partial charge in [-0.05, 0) is 67.2 Å². The number of thioether (sulfide) groups is 2. The molecule has 0 unspecified atom stereocenters. The molecule has 2 heterocycles. The number of benzene rings is 1. The van der Waals surface area contributed by atoms with Crippen molar-refractivity contribution in [3.63, 3.8) is 0 Å². The molecule has 0 radical (unpaired) electrons. The Morgan fingerprint density at radius 1 is 0.964 bits per heavy atom. The van der Waals surface area contributed by atoms with Gasteiger partial charge >= 0.3 is 5.97 Å². The van der Waals surface area contributed by atoms with E-state index in [1.54, 1.807) is 0 Å². The Bertz CT molecular complexity index is 686. The average molecular weight is 420 g/mol. The minimum absolute atomic E-state index is 0.0309. The molecule has 0 N–H and O–H groups in total. The van der Waals surface area contributed by atoms with E-state index in [0.29, 0.717) is 22.1 Å². The van der Waals surface area contributed by atoms with Crippen LogP contribution in [0, 0.1) is 5.92 Å². The molecular weight excluding hydrogens is 390 g/mol. The minimum atomic E-state index is -0.402. The molecule has 0 bridgehead atoms. The lowest BCUT2D eigenvalue weighted by molar-refractivity contribution is -0.140. The zero-order valence-electron chi connectivity index (χ0n) is 16.3. The van der Waals surface area contributed by atoms with E-state index in [2.05, 4.69) is 0 Å². The summed E-state index contributed by atoms with van der Waals surface area (Å²) < 4.78 is 5.83. The fraction of sp³-hybridized carbons (Fsp3) is 0.636. The van der Waals surface area contributed by atoms with E-state index < -0.39 is 5.97 Å². The molecule has 28 heavy (non-hydrogen) atoms. The van der Waals surface area contributed by atoms with Crippen molar-refractivity contribution < 1.29 is 14.3 Å². The number of nitrogens with zero attached hydrogens (tertiary/aromatic N) is 1. The van der Waals surface area contributed by atoms with Gasteiger partial charge < -0.3 is 9.64 Å². The summed E-state index contributed by atoms with van der Waals surface area (Å²) in [7, 11) is 0. The van der Waals surface area contributed by atoms with Crippen molar-refractivity contribution in [1.82, 2.24) is 4.90 Å². The zero-order valence-corrected chi connectivity index (χ0v) is 17.9. The summed E-state index contributed by atoms with van der Waals surface area (Å²) in [6.45, 7) is 0.668. The highest BCUT2D eigenvalue weighted by Crippen LogP contribution is 2.43. The van der Waals surface area contributed by atoms with Crippen molar-refractivity contribution in [1.29, 1.82) is 0 Å². The van der Waals surface area contributed by atoms with Crippen LogP contribution in [0.1, 0.15) is 65.4 Å². The minimum Gasteiger partial charge on any atom is -0.452 e. The molecule has 0 aromatic heterocycles. The van der Waals surface area contributed by atoms with Crippen LogP contribution in [-0.4, -0.2) is 47.5 Å². The number of hydrogen-bond acceptors (Lipinski definition) is 5. The quantitative estimate of drug-likeness (QED) is 0.650. The Morgan fingerprint density at radius 2 is 1.68 bits per heavy atom. The van der Waals surface area contributed by atoms with Crippen LogP contribution in [0.25, 0.3) is 0 Å². The van der Waals surface area contributed by atoms with Crippen LogP contribution < -0.4 is 0 Å². The molecule has 1 aliphatic carbocycles. The second kappa shape index (κ2) is 9.57. The highest BCUT2D eigenvalue weighted by atomic mass is 32.2. The highest BCUT2D eigenvalue weighted by molar-refractivity contribution is 8.16. The van der Waals surface area contributed by atoms with Gasteiger partial charge in [-0.1, -0.05) is 25.0 Å². The molecule has 6 heteroatoms. The van der Waals surface area contributed by atoms with E-state index in [1.807, 2.05) is 52.7 Å². The summed E-state index contributed by atoms with van der Waals surface area (Å²) in [5, 5.41) is 0. The van der Waals surface area contributed by atoms with Gasteiger partial charge in [0, 0.05) is 12.6 Å². The van der Waals surface area contributed by atoms with E-state index >= 15 is 0 Å². The van der Waals surface area contributed by atoms with E-state index in [1.165, 1.54) is 49.2 Å². The zero-order chi connectivity index (χ0) is 19.3. The monoisotopic (exact) mass is 419 g/mol. The van der Waals surface area contributed by atoms with Gasteiger partial charge in [0.05, 0.1) is 10.1 Å². The number of esters is 1. The van der Waals surface area contributed by atoms with Crippen molar-refractivity contribution in [2.45, 2.75) is 55.6 Å². The SMILES string of the molecule is O=C(OCC(=O)N1CCC[C@@H]2CCCC[C@@H]21)c1ccc(C2SCCCS2)cc1. The van der Waals surface area contributed by atoms with E-state index in [-0.39, 0.29) is 12.5 Å². The molecule has 3 aliphatic rings. The maximum absolute atomic E-state index is 12.7. The van der Waals surface area contributed by atoms with Gasteiger partial charge in [-0.3, -0.25) is 4.79 Å². The molecule has 1 saturated carbocycles. The topological polar surface area (TPSA) is 46.6 Å². The van der Waals surface area contributed by atoms with E-state index in [9.17, 15) is 9.59 Å². The second-order valence-corrected chi connectivity index (χ2v) is 10.7. The number of amides is 1. The maximum atomic E-state index is 12.7. The predicted octanol–water partition coefficient (Wildman–Crippen LogP) is 4.89. The molecule has 1 aromatic carbocycles. The van der Waals surface area contributed by atoms with Crippen molar-refractivity contribution >= 4 is 35.4 Å². The molecule has 4 rings (SSSR count). The summed E-state index contributed by atoms with van der Waals surface area (Å²) in [5.74, 6) is 2.60. The Kier molecular flexibility index (Phi) is 6.89. The smallest absolute Gasteiger partial charge is 0.338 e. The number of carbonyl (C=O) groups excluding carboxylic acids is 2. The number of likely N-dealkylation sites (tertiary alicyclic amines) is 1. The average Bonchev–Trinajstić information content (AvgIpc) is 2.77. The first-order chi connectivity index (χ1) is 13.7. The number of carbonyl (C=O) groups is 2. The highest BCUT2D eigenvalue weighted by Gasteiger charge is 2.35. The van der Waals surface area contributed by atoms with E-state index in [0.717, 1.165) is 19.4 Å². The fourth-order valence-corrected chi connectivity index (χ4v) is 7.58. The number of fused-ring (bicyclic) bond motifs is 1. The number of ether oxygens (including phenoxy) is 1. The van der Waals surface area contributed by atoms with Gasteiger partial charge in [-0.25, -0.2) is 4.79 Å². The molecule has 2 aliphatic heterocycles.